The summed E-state index contributed by atoms with van der Waals surface area (Å²) in [5, 5.41) is 2.71. The van der Waals surface area contributed by atoms with E-state index in [1.165, 1.54) is 13.2 Å². The fraction of sp³-hybridized carbons (Fsp3) is 0.200. The number of methoxy groups -OCH3 is 1. The van der Waals surface area contributed by atoms with Gasteiger partial charge in [-0.05, 0) is 24.3 Å². The number of benzene rings is 2. The minimum absolute atomic E-state index is 0.107. The Morgan fingerprint density at radius 3 is 2.22 bits per heavy atom. The molecule has 0 aliphatic heterocycles. The van der Waals surface area contributed by atoms with Gasteiger partial charge in [0.05, 0.1) is 20.0 Å². The lowest BCUT2D eigenvalue weighted by Crippen LogP contribution is -2.16. The highest BCUT2D eigenvalue weighted by molar-refractivity contribution is 6.05. The van der Waals surface area contributed by atoms with Crippen LogP contribution in [-0.4, -0.2) is 37.3 Å². The summed E-state index contributed by atoms with van der Waals surface area (Å²) in [7, 11) is 1.22. The zero-order chi connectivity index (χ0) is 19.6. The highest BCUT2D eigenvalue weighted by Crippen LogP contribution is 2.13. The van der Waals surface area contributed by atoms with Crippen LogP contribution in [0.3, 0.4) is 0 Å². The molecule has 0 atom stereocenters. The number of hydrogen-bond acceptors (Lipinski definition) is 6. The van der Waals surface area contributed by atoms with Crippen molar-refractivity contribution in [1.82, 2.24) is 0 Å². The average Bonchev–Trinajstić information content (AvgIpc) is 2.70. The number of ketones is 1. The molecular formula is C20H19NO6. The van der Waals surface area contributed by atoms with Gasteiger partial charge in [-0.2, -0.15) is 0 Å². The SMILES string of the molecule is COC(=O)CCC(=O)OCC(=O)c1cccc(NC(=O)c2ccccc2)c1. The Morgan fingerprint density at radius 1 is 0.852 bits per heavy atom. The molecule has 2 aromatic carbocycles. The summed E-state index contributed by atoms with van der Waals surface area (Å²) in [6.07, 6.45) is -0.266. The number of Topliss-reactive ketones (excluding diaryl/α,β-unsaturated/α-hetero) is 1. The van der Waals surface area contributed by atoms with Gasteiger partial charge in [0, 0.05) is 16.8 Å². The summed E-state index contributed by atoms with van der Waals surface area (Å²) >= 11 is 0. The van der Waals surface area contributed by atoms with Gasteiger partial charge in [0.2, 0.25) is 0 Å². The Kier molecular flexibility index (Phi) is 7.25. The summed E-state index contributed by atoms with van der Waals surface area (Å²) in [6, 6.07) is 15.0. The van der Waals surface area contributed by atoms with Crippen molar-refractivity contribution in [3.05, 3.63) is 65.7 Å². The van der Waals surface area contributed by atoms with Crippen LogP contribution < -0.4 is 5.32 Å². The summed E-state index contributed by atoms with van der Waals surface area (Å²) in [4.78, 5) is 46.8. The van der Waals surface area contributed by atoms with Gasteiger partial charge < -0.3 is 14.8 Å². The summed E-state index contributed by atoms with van der Waals surface area (Å²) in [6.45, 7) is -0.448. The number of anilines is 1. The largest absolute Gasteiger partial charge is 0.469 e. The van der Waals surface area contributed by atoms with Crippen molar-refractivity contribution in [2.45, 2.75) is 12.8 Å². The first-order chi connectivity index (χ1) is 13.0. The first kappa shape index (κ1) is 19.8. The van der Waals surface area contributed by atoms with Gasteiger partial charge in [-0.25, -0.2) is 0 Å². The molecule has 2 aromatic rings. The van der Waals surface area contributed by atoms with Gasteiger partial charge in [0.1, 0.15) is 0 Å². The lowest BCUT2D eigenvalue weighted by molar-refractivity contribution is -0.148. The third kappa shape index (κ3) is 6.39. The number of nitrogens with one attached hydrogen (secondary N) is 1. The normalized spacial score (nSPS) is 9.96. The predicted molar refractivity (Wildman–Crippen MR) is 97.4 cm³/mol. The lowest BCUT2D eigenvalue weighted by Gasteiger charge is -2.08. The third-order valence-electron chi connectivity index (χ3n) is 3.60. The third-order valence-corrected chi connectivity index (χ3v) is 3.60. The van der Waals surface area contributed by atoms with E-state index in [4.69, 9.17) is 4.74 Å². The first-order valence-electron chi connectivity index (χ1n) is 8.21. The number of hydrogen-bond donors (Lipinski definition) is 1. The minimum Gasteiger partial charge on any atom is -0.469 e. The zero-order valence-electron chi connectivity index (χ0n) is 14.8. The fourth-order valence-corrected chi connectivity index (χ4v) is 2.17. The number of carbonyl (C=O) groups excluding carboxylic acids is 4. The Morgan fingerprint density at radius 2 is 1.52 bits per heavy atom. The van der Waals surface area contributed by atoms with E-state index in [-0.39, 0.29) is 18.7 Å². The molecule has 27 heavy (non-hydrogen) atoms. The number of amides is 1. The molecule has 140 valence electrons. The van der Waals surface area contributed by atoms with Gasteiger partial charge in [-0.15, -0.1) is 0 Å². The quantitative estimate of drug-likeness (QED) is 0.567. The number of rotatable bonds is 8. The highest BCUT2D eigenvalue weighted by atomic mass is 16.5. The Bertz CT molecular complexity index is 831. The molecule has 1 N–H and O–H groups in total. The molecule has 0 bridgehead atoms. The van der Waals surface area contributed by atoms with E-state index in [0.717, 1.165) is 0 Å². The summed E-state index contributed by atoms with van der Waals surface area (Å²) in [5.74, 6) is -1.91. The Balaban J connectivity index is 1.90. The number of ether oxygens (including phenoxy) is 2. The fourth-order valence-electron chi connectivity index (χ4n) is 2.17. The molecule has 0 saturated carbocycles. The van der Waals surface area contributed by atoms with Crippen molar-refractivity contribution >= 4 is 29.3 Å². The summed E-state index contributed by atoms with van der Waals surface area (Å²) < 4.78 is 9.28. The van der Waals surface area contributed by atoms with Crippen LogP contribution in [0.4, 0.5) is 5.69 Å². The molecule has 0 aromatic heterocycles. The van der Waals surface area contributed by atoms with Crippen LogP contribution in [0.15, 0.2) is 54.6 Å². The molecule has 0 radical (unpaired) electrons. The van der Waals surface area contributed by atoms with Crippen LogP contribution in [0.2, 0.25) is 0 Å². The van der Waals surface area contributed by atoms with Crippen LogP contribution in [0.1, 0.15) is 33.6 Å². The van der Waals surface area contributed by atoms with Crippen molar-refractivity contribution < 1.29 is 28.7 Å². The molecule has 0 spiro atoms. The molecule has 0 aliphatic rings. The molecule has 0 unspecified atom stereocenters. The standard InChI is InChI=1S/C20H19NO6/c1-26-18(23)10-11-19(24)27-13-17(22)15-8-5-9-16(12-15)21-20(25)14-6-3-2-4-7-14/h2-9,12H,10-11,13H2,1H3,(H,21,25). The van der Waals surface area contributed by atoms with Crippen molar-refractivity contribution in [3.63, 3.8) is 0 Å². The van der Waals surface area contributed by atoms with E-state index in [9.17, 15) is 19.2 Å². The zero-order valence-corrected chi connectivity index (χ0v) is 14.8. The van der Waals surface area contributed by atoms with Crippen molar-refractivity contribution in [2.75, 3.05) is 19.0 Å². The number of esters is 2. The van der Waals surface area contributed by atoms with E-state index in [2.05, 4.69) is 10.1 Å². The molecule has 0 aliphatic carbocycles. The van der Waals surface area contributed by atoms with Crippen LogP contribution in [0.25, 0.3) is 0 Å². The van der Waals surface area contributed by atoms with E-state index in [0.29, 0.717) is 16.8 Å². The maximum Gasteiger partial charge on any atom is 0.306 e. The van der Waals surface area contributed by atoms with E-state index in [1.54, 1.807) is 42.5 Å². The highest BCUT2D eigenvalue weighted by Gasteiger charge is 2.13. The molecule has 7 nitrogen and oxygen atoms in total. The molecule has 0 saturated heterocycles. The molecule has 0 fully saturated rings. The monoisotopic (exact) mass is 369 g/mol. The Hall–Kier alpha value is -3.48. The second-order valence-electron chi connectivity index (χ2n) is 5.56. The van der Waals surface area contributed by atoms with Crippen LogP contribution in [0.5, 0.6) is 0 Å². The van der Waals surface area contributed by atoms with Crippen LogP contribution in [0, 0.1) is 0 Å². The van der Waals surface area contributed by atoms with Gasteiger partial charge in [0.25, 0.3) is 5.91 Å². The maximum atomic E-state index is 12.2. The van der Waals surface area contributed by atoms with Gasteiger partial charge in [-0.1, -0.05) is 30.3 Å². The van der Waals surface area contributed by atoms with Gasteiger partial charge in [0.15, 0.2) is 12.4 Å². The van der Waals surface area contributed by atoms with Crippen molar-refractivity contribution in [2.24, 2.45) is 0 Å². The Labute approximate surface area is 156 Å². The molecule has 1 amide bonds. The number of carbonyl (C=O) groups is 4. The predicted octanol–water partition coefficient (Wildman–Crippen LogP) is 2.62. The smallest absolute Gasteiger partial charge is 0.306 e. The van der Waals surface area contributed by atoms with Crippen LogP contribution in [-0.2, 0) is 19.1 Å². The van der Waals surface area contributed by atoms with Gasteiger partial charge in [-0.3, -0.25) is 19.2 Å². The van der Waals surface area contributed by atoms with E-state index < -0.39 is 24.3 Å². The van der Waals surface area contributed by atoms with E-state index in [1.807, 2.05) is 6.07 Å². The van der Waals surface area contributed by atoms with E-state index >= 15 is 0 Å². The second kappa shape index (κ2) is 9.86. The van der Waals surface area contributed by atoms with Crippen LogP contribution >= 0.6 is 0 Å². The topological polar surface area (TPSA) is 98.8 Å². The molecule has 7 heteroatoms. The first-order valence-corrected chi connectivity index (χ1v) is 8.21. The summed E-state index contributed by atoms with van der Waals surface area (Å²) in [5.41, 5.74) is 1.24. The molecule has 0 heterocycles. The van der Waals surface area contributed by atoms with Crippen molar-refractivity contribution in [1.29, 1.82) is 0 Å². The molecular weight excluding hydrogens is 350 g/mol. The average molecular weight is 369 g/mol. The lowest BCUT2D eigenvalue weighted by atomic mass is 10.1. The maximum absolute atomic E-state index is 12.2. The van der Waals surface area contributed by atoms with Crippen molar-refractivity contribution in [3.8, 4) is 0 Å². The minimum atomic E-state index is -0.665. The second-order valence-corrected chi connectivity index (χ2v) is 5.56. The van der Waals surface area contributed by atoms with Gasteiger partial charge >= 0.3 is 11.9 Å². The molecule has 2 rings (SSSR count).